The van der Waals surface area contributed by atoms with Gasteiger partial charge in [0.15, 0.2) is 0 Å². The lowest BCUT2D eigenvalue weighted by Gasteiger charge is -2.16. The Morgan fingerprint density at radius 2 is 2.00 bits per heavy atom. The number of hydrogen-bond donors (Lipinski definition) is 1. The summed E-state index contributed by atoms with van der Waals surface area (Å²) in [5.74, 6) is -0.625. The van der Waals surface area contributed by atoms with Crippen molar-refractivity contribution in [2.75, 3.05) is 21.9 Å². The summed E-state index contributed by atoms with van der Waals surface area (Å²) in [5.41, 5.74) is 3.40. The molecule has 1 saturated heterocycles. The van der Waals surface area contributed by atoms with Crippen LogP contribution in [0, 0.1) is 5.82 Å². The average Bonchev–Trinajstić information content (AvgIpc) is 3.24. The summed E-state index contributed by atoms with van der Waals surface area (Å²) >= 11 is 0. The van der Waals surface area contributed by atoms with Crippen molar-refractivity contribution in [3.05, 3.63) is 84.4 Å². The van der Waals surface area contributed by atoms with Crippen molar-refractivity contribution in [1.29, 1.82) is 0 Å². The molecule has 5 rings (SSSR count). The molecule has 32 heavy (non-hydrogen) atoms. The molecule has 1 aliphatic rings. The third-order valence-corrected chi connectivity index (χ3v) is 6.84. The van der Waals surface area contributed by atoms with Gasteiger partial charge in [-0.05, 0) is 55.0 Å². The van der Waals surface area contributed by atoms with Gasteiger partial charge in [0.05, 0.1) is 22.5 Å². The molecular weight excluding hydrogens is 427 g/mol. The van der Waals surface area contributed by atoms with Crippen LogP contribution in [0.15, 0.2) is 73.1 Å². The van der Waals surface area contributed by atoms with Crippen molar-refractivity contribution in [2.24, 2.45) is 0 Å². The molecule has 1 unspecified atom stereocenters. The van der Waals surface area contributed by atoms with Gasteiger partial charge in [-0.25, -0.2) is 13.6 Å². The zero-order valence-corrected chi connectivity index (χ0v) is 17.8. The zero-order valence-electron chi connectivity index (χ0n) is 17.0. The van der Waals surface area contributed by atoms with Gasteiger partial charge in [-0.15, -0.1) is 0 Å². The van der Waals surface area contributed by atoms with Crippen molar-refractivity contribution < 1.29 is 13.4 Å². The Hall–Kier alpha value is -3.65. The lowest BCUT2D eigenvalue weighted by Crippen LogP contribution is -2.20. The van der Waals surface area contributed by atoms with E-state index in [0.29, 0.717) is 23.7 Å². The van der Waals surface area contributed by atoms with E-state index in [2.05, 4.69) is 15.3 Å². The Morgan fingerprint density at radius 1 is 1.09 bits per heavy atom. The number of anilines is 2. The van der Waals surface area contributed by atoms with Gasteiger partial charge in [0.1, 0.15) is 16.8 Å². The third-order valence-electron chi connectivity index (χ3n) is 5.32. The van der Waals surface area contributed by atoms with E-state index in [9.17, 15) is 13.4 Å². The number of nitrogens with one attached hydrogen (secondary N) is 1. The Labute approximate surface area is 186 Å². The smallest absolute Gasteiger partial charge is 0.258 e. The van der Waals surface area contributed by atoms with Crippen LogP contribution in [0.1, 0.15) is 16.8 Å². The Balaban J connectivity index is 1.37. The fourth-order valence-electron chi connectivity index (χ4n) is 3.71. The van der Waals surface area contributed by atoms with E-state index in [1.807, 2.05) is 30.3 Å². The van der Waals surface area contributed by atoms with Crippen LogP contribution >= 0.6 is 0 Å². The van der Waals surface area contributed by atoms with Crippen molar-refractivity contribution in [2.45, 2.75) is 6.42 Å². The van der Waals surface area contributed by atoms with Gasteiger partial charge in [-0.3, -0.25) is 14.1 Å². The number of benzene rings is 2. The molecule has 1 amide bonds. The summed E-state index contributed by atoms with van der Waals surface area (Å²) in [4.78, 5) is 21.4. The van der Waals surface area contributed by atoms with Gasteiger partial charge >= 0.3 is 0 Å². The van der Waals surface area contributed by atoms with E-state index in [1.54, 1.807) is 34.9 Å². The fraction of sp³-hybridized carbons (Fsp3) is 0.125. The minimum atomic E-state index is -1.14. The van der Waals surface area contributed by atoms with Gasteiger partial charge in [0.2, 0.25) is 0 Å². The van der Waals surface area contributed by atoms with Crippen molar-refractivity contribution in [3.8, 4) is 11.3 Å². The number of rotatable bonds is 4. The third kappa shape index (κ3) is 3.97. The molecular formula is C24H19FN4O2S. The van der Waals surface area contributed by atoms with Crippen LogP contribution in [0.4, 0.5) is 15.8 Å². The molecule has 0 saturated carbocycles. The molecule has 1 N–H and O–H groups in total. The van der Waals surface area contributed by atoms with Crippen LogP contribution in [0.25, 0.3) is 22.2 Å². The number of pyridine rings is 2. The van der Waals surface area contributed by atoms with Crippen LogP contribution in [0.5, 0.6) is 0 Å². The number of fused-ring (bicyclic) bond motifs is 1. The first-order chi connectivity index (χ1) is 15.6. The van der Waals surface area contributed by atoms with Crippen molar-refractivity contribution in [3.63, 3.8) is 0 Å². The molecule has 0 aliphatic carbocycles. The second-order valence-electron chi connectivity index (χ2n) is 7.45. The molecule has 8 heteroatoms. The molecule has 1 aliphatic heterocycles. The van der Waals surface area contributed by atoms with Gasteiger partial charge in [-0.1, -0.05) is 12.1 Å². The SMILES string of the molecule is O=C(Nc1cccc(-c2ccc3cnccc3n2)c1)c1ccc(N2CCCS2=O)cc1F. The van der Waals surface area contributed by atoms with Gasteiger partial charge in [0, 0.05) is 41.3 Å². The Bertz CT molecular complexity index is 1360. The lowest BCUT2D eigenvalue weighted by atomic mass is 10.1. The summed E-state index contributed by atoms with van der Waals surface area (Å²) < 4.78 is 28.3. The summed E-state index contributed by atoms with van der Waals surface area (Å²) in [6, 6.07) is 17.3. The van der Waals surface area contributed by atoms with Gasteiger partial charge < -0.3 is 5.32 Å². The number of hydrogen-bond acceptors (Lipinski definition) is 4. The monoisotopic (exact) mass is 446 g/mol. The Kier molecular flexibility index (Phi) is 5.36. The molecule has 1 atom stereocenters. The minimum Gasteiger partial charge on any atom is -0.322 e. The largest absolute Gasteiger partial charge is 0.322 e. The number of nitrogens with zero attached hydrogens (tertiary/aromatic N) is 3. The van der Waals surface area contributed by atoms with E-state index < -0.39 is 22.7 Å². The topological polar surface area (TPSA) is 75.2 Å². The van der Waals surface area contributed by atoms with Crippen LogP contribution in [0.2, 0.25) is 0 Å². The molecule has 2 aromatic carbocycles. The maximum atomic E-state index is 14.7. The highest BCUT2D eigenvalue weighted by atomic mass is 32.2. The standard InChI is InChI=1S/C24H19FN4O2S/c25-21-14-19(29-11-2-12-32(29)31)6-7-20(21)24(30)27-18-4-1-3-16(13-18)22-8-5-17-15-26-10-9-23(17)28-22/h1,3-10,13-15H,2,11-12H2,(H,27,30). The number of halogens is 1. The molecule has 3 heterocycles. The summed E-state index contributed by atoms with van der Waals surface area (Å²) in [7, 11) is -1.14. The predicted molar refractivity (Wildman–Crippen MR) is 124 cm³/mol. The van der Waals surface area contributed by atoms with Crippen LogP contribution in [0.3, 0.4) is 0 Å². The molecule has 160 valence electrons. The first kappa shape index (κ1) is 20.3. The van der Waals surface area contributed by atoms with Crippen molar-refractivity contribution in [1.82, 2.24) is 9.97 Å². The minimum absolute atomic E-state index is 0.0690. The zero-order chi connectivity index (χ0) is 22.1. The fourth-order valence-corrected chi connectivity index (χ4v) is 4.99. The van der Waals surface area contributed by atoms with Crippen LogP contribution < -0.4 is 9.62 Å². The van der Waals surface area contributed by atoms with E-state index in [1.165, 1.54) is 12.1 Å². The summed E-state index contributed by atoms with van der Waals surface area (Å²) in [5, 5.41) is 3.70. The molecule has 0 spiro atoms. The second kappa shape index (κ2) is 8.47. The molecule has 4 aromatic rings. The quantitative estimate of drug-likeness (QED) is 0.499. The molecule has 1 fully saturated rings. The number of carbonyl (C=O) groups excluding carboxylic acids is 1. The first-order valence-electron chi connectivity index (χ1n) is 10.2. The van der Waals surface area contributed by atoms with Crippen LogP contribution in [-0.2, 0) is 11.0 Å². The first-order valence-corrected chi connectivity index (χ1v) is 11.4. The van der Waals surface area contributed by atoms with E-state index >= 15 is 0 Å². The number of amides is 1. The molecule has 6 nitrogen and oxygen atoms in total. The summed E-state index contributed by atoms with van der Waals surface area (Å²) in [6.07, 6.45) is 4.25. The molecule has 0 bridgehead atoms. The van der Waals surface area contributed by atoms with E-state index in [0.717, 1.165) is 28.6 Å². The Morgan fingerprint density at radius 3 is 2.81 bits per heavy atom. The molecule has 0 radical (unpaired) electrons. The van der Waals surface area contributed by atoms with Gasteiger partial charge in [-0.2, -0.15) is 0 Å². The van der Waals surface area contributed by atoms with E-state index in [-0.39, 0.29) is 5.56 Å². The highest BCUT2D eigenvalue weighted by Gasteiger charge is 2.22. The van der Waals surface area contributed by atoms with Crippen LogP contribution in [-0.4, -0.2) is 32.4 Å². The second-order valence-corrected chi connectivity index (χ2v) is 8.94. The van der Waals surface area contributed by atoms with Gasteiger partial charge in [0.25, 0.3) is 5.91 Å². The summed E-state index contributed by atoms with van der Waals surface area (Å²) in [6.45, 7) is 0.615. The van der Waals surface area contributed by atoms with Crippen molar-refractivity contribution >= 4 is 39.2 Å². The highest BCUT2D eigenvalue weighted by Crippen LogP contribution is 2.26. The number of aromatic nitrogens is 2. The lowest BCUT2D eigenvalue weighted by molar-refractivity contribution is 0.102. The highest BCUT2D eigenvalue weighted by molar-refractivity contribution is 7.86. The number of carbonyl (C=O) groups is 1. The molecule has 2 aromatic heterocycles. The maximum absolute atomic E-state index is 14.7. The average molecular weight is 447 g/mol. The normalized spacial score (nSPS) is 15.8. The van der Waals surface area contributed by atoms with E-state index in [4.69, 9.17) is 0 Å². The predicted octanol–water partition coefficient (Wildman–Crippen LogP) is 4.56. The maximum Gasteiger partial charge on any atom is 0.258 e.